The molecule has 0 saturated carbocycles. The van der Waals surface area contributed by atoms with Crippen molar-refractivity contribution in [3.05, 3.63) is 69.7 Å². The van der Waals surface area contributed by atoms with Gasteiger partial charge >= 0.3 is 0 Å². The fourth-order valence-corrected chi connectivity index (χ4v) is 7.22. The molecule has 5 rings (SSSR count). The van der Waals surface area contributed by atoms with Crippen molar-refractivity contribution in [2.75, 3.05) is 29.3 Å². The molecule has 0 radical (unpaired) electrons. The Hall–Kier alpha value is -2.17. The van der Waals surface area contributed by atoms with E-state index in [1.165, 1.54) is 29.7 Å². The van der Waals surface area contributed by atoms with Crippen LogP contribution in [0.25, 0.3) is 0 Å². The summed E-state index contributed by atoms with van der Waals surface area (Å²) in [5.74, 6) is 0.322. The lowest BCUT2D eigenvalue weighted by Crippen LogP contribution is -2.46. The SMILES string of the molecule is O=C1[C@@H](N2CCC[C@H](c3cc(Cl)cc(Cl)c3)C2)CCN1c1ccc(S(=O)(=O)Nc2nccs2)cc1. The Morgan fingerprint density at radius 1 is 1.03 bits per heavy atom. The van der Waals surface area contributed by atoms with Gasteiger partial charge in [-0.05, 0) is 79.8 Å². The van der Waals surface area contributed by atoms with E-state index in [1.54, 1.807) is 28.5 Å². The molecule has 0 spiro atoms. The van der Waals surface area contributed by atoms with E-state index >= 15 is 0 Å². The van der Waals surface area contributed by atoms with Crippen LogP contribution in [0.5, 0.6) is 0 Å². The van der Waals surface area contributed by atoms with Crippen molar-refractivity contribution in [1.82, 2.24) is 9.88 Å². The molecule has 0 bridgehead atoms. The molecule has 1 N–H and O–H groups in total. The summed E-state index contributed by atoms with van der Waals surface area (Å²) < 4.78 is 27.7. The first kappa shape index (κ1) is 24.5. The number of likely N-dealkylation sites (tertiary alicyclic amines) is 1. The molecular formula is C24H24Cl2N4O3S2. The van der Waals surface area contributed by atoms with Gasteiger partial charge in [0.05, 0.1) is 10.9 Å². The van der Waals surface area contributed by atoms with Gasteiger partial charge in [0.1, 0.15) is 0 Å². The summed E-state index contributed by atoms with van der Waals surface area (Å²) in [4.78, 5) is 21.5. The van der Waals surface area contributed by atoms with Crippen molar-refractivity contribution in [3.8, 4) is 0 Å². The minimum absolute atomic E-state index is 0.0475. The Bertz CT molecular complexity index is 1300. The zero-order valence-corrected chi connectivity index (χ0v) is 21.9. The van der Waals surface area contributed by atoms with Crippen LogP contribution in [0.3, 0.4) is 0 Å². The first-order valence-corrected chi connectivity index (χ1v) is 14.5. The number of anilines is 2. The molecule has 2 atom stereocenters. The van der Waals surface area contributed by atoms with E-state index in [-0.39, 0.29) is 22.8 Å². The summed E-state index contributed by atoms with van der Waals surface area (Å²) in [6.45, 7) is 2.24. The highest BCUT2D eigenvalue weighted by Crippen LogP contribution is 2.34. The number of amides is 1. The maximum Gasteiger partial charge on any atom is 0.263 e. The predicted octanol–water partition coefficient (Wildman–Crippen LogP) is 5.24. The number of rotatable bonds is 6. The van der Waals surface area contributed by atoms with Gasteiger partial charge in [0, 0.05) is 40.4 Å². The third kappa shape index (κ3) is 5.34. The van der Waals surface area contributed by atoms with E-state index < -0.39 is 10.0 Å². The third-order valence-electron chi connectivity index (χ3n) is 6.54. The van der Waals surface area contributed by atoms with Crippen molar-refractivity contribution < 1.29 is 13.2 Å². The first-order chi connectivity index (χ1) is 16.8. The van der Waals surface area contributed by atoms with E-state index in [9.17, 15) is 13.2 Å². The lowest BCUT2D eigenvalue weighted by atomic mass is 9.89. The van der Waals surface area contributed by atoms with Crippen molar-refractivity contribution in [1.29, 1.82) is 0 Å². The topological polar surface area (TPSA) is 82.6 Å². The molecule has 2 aliphatic heterocycles. The monoisotopic (exact) mass is 550 g/mol. The predicted molar refractivity (Wildman–Crippen MR) is 140 cm³/mol. The highest BCUT2D eigenvalue weighted by Gasteiger charge is 2.38. The summed E-state index contributed by atoms with van der Waals surface area (Å²) >= 11 is 13.6. The molecule has 2 aliphatic rings. The van der Waals surface area contributed by atoms with Gasteiger partial charge in [0.2, 0.25) is 5.91 Å². The molecule has 3 aromatic rings. The van der Waals surface area contributed by atoms with Crippen LogP contribution in [0.15, 0.2) is 58.9 Å². The second-order valence-corrected chi connectivity index (χ2v) is 12.2. The van der Waals surface area contributed by atoms with Gasteiger partial charge in [-0.3, -0.25) is 14.4 Å². The maximum atomic E-state index is 13.4. The zero-order chi connectivity index (χ0) is 24.6. The molecule has 0 aliphatic carbocycles. The number of hydrogen-bond acceptors (Lipinski definition) is 6. The molecule has 11 heteroatoms. The van der Waals surface area contributed by atoms with E-state index in [0.29, 0.717) is 27.4 Å². The van der Waals surface area contributed by atoms with Gasteiger partial charge in [-0.15, -0.1) is 11.3 Å². The molecule has 2 aromatic carbocycles. The van der Waals surface area contributed by atoms with Crippen LogP contribution < -0.4 is 9.62 Å². The largest absolute Gasteiger partial charge is 0.311 e. The van der Waals surface area contributed by atoms with Gasteiger partial charge in [0.15, 0.2) is 5.13 Å². The lowest BCUT2D eigenvalue weighted by molar-refractivity contribution is -0.122. The first-order valence-electron chi connectivity index (χ1n) is 11.3. The number of halogens is 2. The summed E-state index contributed by atoms with van der Waals surface area (Å²) in [5, 5.41) is 3.26. The van der Waals surface area contributed by atoms with Gasteiger partial charge < -0.3 is 4.90 Å². The number of hydrogen-bond donors (Lipinski definition) is 1. The second kappa shape index (κ2) is 10.1. The average molecular weight is 552 g/mol. The Morgan fingerprint density at radius 2 is 1.77 bits per heavy atom. The maximum absolute atomic E-state index is 13.4. The average Bonchev–Trinajstić information content (AvgIpc) is 3.48. The number of sulfonamides is 1. The summed E-state index contributed by atoms with van der Waals surface area (Å²) in [5.41, 5.74) is 1.80. The number of aromatic nitrogens is 1. The van der Waals surface area contributed by atoms with Gasteiger partial charge in [-0.2, -0.15) is 0 Å². The normalized spacial score (nSPS) is 21.4. The molecule has 7 nitrogen and oxygen atoms in total. The second-order valence-electron chi connectivity index (χ2n) is 8.77. The Morgan fingerprint density at radius 3 is 2.46 bits per heavy atom. The highest BCUT2D eigenvalue weighted by atomic mass is 35.5. The number of carbonyl (C=O) groups excluding carboxylic acids is 1. The Balaban J connectivity index is 1.27. The van der Waals surface area contributed by atoms with Crippen LogP contribution in [0.4, 0.5) is 10.8 Å². The molecule has 35 heavy (non-hydrogen) atoms. The van der Waals surface area contributed by atoms with Crippen LogP contribution in [0.2, 0.25) is 10.0 Å². The fourth-order valence-electron chi connectivity index (χ4n) is 4.89. The number of nitrogens with one attached hydrogen (secondary N) is 1. The summed E-state index contributed by atoms with van der Waals surface area (Å²) in [6, 6.07) is 11.9. The van der Waals surface area contributed by atoms with Crippen LogP contribution in [-0.2, 0) is 14.8 Å². The fraction of sp³-hybridized carbons (Fsp3) is 0.333. The van der Waals surface area contributed by atoms with Crippen molar-refractivity contribution in [3.63, 3.8) is 0 Å². The van der Waals surface area contributed by atoms with E-state index in [4.69, 9.17) is 23.2 Å². The molecular weight excluding hydrogens is 527 g/mol. The van der Waals surface area contributed by atoms with Crippen LogP contribution in [0.1, 0.15) is 30.7 Å². The molecule has 1 aromatic heterocycles. The van der Waals surface area contributed by atoms with Gasteiger partial charge in [-0.1, -0.05) is 23.2 Å². The third-order valence-corrected chi connectivity index (χ3v) is 9.15. The standard InChI is InChI=1S/C24H24Cl2N4O3S2/c25-18-12-17(13-19(26)14-18)16-2-1-9-29(15-16)22-7-10-30(23(22)31)20-3-5-21(6-4-20)35(32,33)28-24-27-8-11-34-24/h3-6,8,11-14,16,22H,1-2,7,9-10,15H2,(H,27,28)/t16-,22-/m0/s1. The summed E-state index contributed by atoms with van der Waals surface area (Å²) in [6.07, 6.45) is 4.29. The minimum atomic E-state index is -3.74. The molecule has 2 saturated heterocycles. The number of nitrogens with zero attached hydrogens (tertiary/aromatic N) is 3. The van der Waals surface area contributed by atoms with E-state index in [2.05, 4.69) is 14.6 Å². The molecule has 1 amide bonds. The summed E-state index contributed by atoms with van der Waals surface area (Å²) in [7, 11) is -3.74. The Kier molecular flexibility index (Phi) is 7.05. The quantitative estimate of drug-likeness (QED) is 0.454. The number of carbonyl (C=O) groups is 1. The molecule has 3 heterocycles. The zero-order valence-electron chi connectivity index (χ0n) is 18.7. The van der Waals surface area contributed by atoms with E-state index in [1.807, 2.05) is 12.1 Å². The number of benzene rings is 2. The molecule has 0 unspecified atom stereocenters. The molecule has 2 fully saturated rings. The number of thiazole rings is 1. The van der Waals surface area contributed by atoms with Crippen LogP contribution in [-0.4, -0.2) is 49.9 Å². The van der Waals surface area contributed by atoms with Crippen LogP contribution >= 0.6 is 34.5 Å². The van der Waals surface area contributed by atoms with Crippen molar-refractivity contribution in [2.24, 2.45) is 0 Å². The smallest absolute Gasteiger partial charge is 0.263 e. The van der Waals surface area contributed by atoms with Crippen molar-refractivity contribution >= 4 is 61.3 Å². The molecule has 184 valence electrons. The Labute approximate surface area is 218 Å². The van der Waals surface area contributed by atoms with Crippen LogP contribution in [0, 0.1) is 0 Å². The van der Waals surface area contributed by atoms with Crippen molar-refractivity contribution in [2.45, 2.75) is 36.1 Å². The highest BCUT2D eigenvalue weighted by molar-refractivity contribution is 7.93. The lowest BCUT2D eigenvalue weighted by Gasteiger charge is -2.36. The minimum Gasteiger partial charge on any atom is -0.311 e. The van der Waals surface area contributed by atoms with E-state index in [0.717, 1.165) is 37.9 Å². The number of piperidine rings is 1. The van der Waals surface area contributed by atoms with Gasteiger partial charge in [-0.25, -0.2) is 13.4 Å². The van der Waals surface area contributed by atoms with Gasteiger partial charge in [0.25, 0.3) is 10.0 Å².